The third kappa shape index (κ3) is 5.20. The molecule has 1 amide bonds. The number of carbonyl (C=O) groups is 1. The molecule has 6 heteroatoms. The Morgan fingerprint density at radius 3 is 2.69 bits per heavy atom. The van der Waals surface area contributed by atoms with Gasteiger partial charge in [0.1, 0.15) is 11.4 Å². The molecule has 0 N–H and O–H groups in total. The zero-order valence-electron chi connectivity index (χ0n) is 20.0. The van der Waals surface area contributed by atoms with Gasteiger partial charge in [0.05, 0.1) is 18.2 Å². The number of amides is 1. The summed E-state index contributed by atoms with van der Waals surface area (Å²) >= 11 is 0. The number of nitriles is 1. The van der Waals surface area contributed by atoms with Crippen molar-refractivity contribution in [1.82, 2.24) is 9.80 Å². The molecule has 0 radical (unpaired) electrons. The highest BCUT2D eigenvalue weighted by molar-refractivity contribution is 5.68. The van der Waals surface area contributed by atoms with Gasteiger partial charge < -0.3 is 19.3 Å². The smallest absolute Gasteiger partial charge is 0.410 e. The predicted octanol–water partition coefficient (Wildman–Crippen LogP) is 4.78. The van der Waals surface area contributed by atoms with Crippen molar-refractivity contribution in [2.75, 3.05) is 33.3 Å². The van der Waals surface area contributed by atoms with E-state index in [1.54, 1.807) is 4.90 Å². The first-order valence-electron chi connectivity index (χ1n) is 12.1. The fraction of sp³-hybridized carbons (Fsp3) is 0.692. The van der Waals surface area contributed by atoms with Gasteiger partial charge in [0.25, 0.3) is 0 Å². The first kappa shape index (κ1) is 22.9. The topological polar surface area (TPSA) is 65.8 Å². The maximum Gasteiger partial charge on any atom is 0.410 e. The molecule has 1 saturated heterocycles. The van der Waals surface area contributed by atoms with Gasteiger partial charge in [0, 0.05) is 43.6 Å². The van der Waals surface area contributed by atoms with E-state index in [0.717, 1.165) is 56.3 Å². The van der Waals surface area contributed by atoms with Gasteiger partial charge in [-0.2, -0.15) is 5.26 Å². The summed E-state index contributed by atoms with van der Waals surface area (Å²) in [5, 5.41) is 9.26. The van der Waals surface area contributed by atoms with E-state index in [-0.39, 0.29) is 6.09 Å². The molecule has 174 valence electrons. The Labute approximate surface area is 192 Å². The second kappa shape index (κ2) is 9.31. The van der Waals surface area contributed by atoms with Crippen LogP contribution in [0.15, 0.2) is 18.2 Å². The first-order chi connectivity index (χ1) is 15.2. The number of nitrogens with zero attached hydrogens (tertiary/aromatic N) is 3. The van der Waals surface area contributed by atoms with Gasteiger partial charge in [0.15, 0.2) is 0 Å². The molecule has 2 atom stereocenters. The third-order valence-corrected chi connectivity index (χ3v) is 7.41. The number of hydrogen-bond donors (Lipinski definition) is 0. The van der Waals surface area contributed by atoms with E-state index in [9.17, 15) is 10.1 Å². The molecule has 4 rings (SSSR count). The van der Waals surface area contributed by atoms with Crippen LogP contribution in [-0.2, 0) is 4.74 Å². The van der Waals surface area contributed by atoms with E-state index >= 15 is 0 Å². The van der Waals surface area contributed by atoms with Crippen LogP contribution >= 0.6 is 0 Å². The number of hydrogen-bond acceptors (Lipinski definition) is 5. The van der Waals surface area contributed by atoms with Crippen LogP contribution in [0.4, 0.5) is 4.79 Å². The van der Waals surface area contributed by atoms with Crippen LogP contribution in [0.1, 0.15) is 69.9 Å². The van der Waals surface area contributed by atoms with Crippen molar-refractivity contribution in [3.63, 3.8) is 0 Å². The summed E-state index contributed by atoms with van der Waals surface area (Å²) in [4.78, 5) is 16.8. The SMILES string of the molecule is CN(C(=O)OC(C)(C)C)C1CCC(CCN2C[C@H]3COc4ccc(C#N)cc4[C@@H]3C2)CC1. The monoisotopic (exact) mass is 439 g/mol. The zero-order chi connectivity index (χ0) is 22.9. The van der Waals surface area contributed by atoms with E-state index in [1.165, 1.54) is 24.8 Å². The van der Waals surface area contributed by atoms with Crippen LogP contribution in [-0.4, -0.2) is 60.8 Å². The van der Waals surface area contributed by atoms with Crippen molar-refractivity contribution in [3.05, 3.63) is 29.3 Å². The van der Waals surface area contributed by atoms with Gasteiger partial charge in [-0.15, -0.1) is 0 Å². The predicted molar refractivity (Wildman–Crippen MR) is 124 cm³/mol. The molecule has 0 unspecified atom stereocenters. The van der Waals surface area contributed by atoms with Crippen molar-refractivity contribution in [3.8, 4) is 11.8 Å². The molecule has 0 bridgehead atoms. The minimum Gasteiger partial charge on any atom is -0.493 e. The van der Waals surface area contributed by atoms with Crippen LogP contribution in [0, 0.1) is 23.2 Å². The van der Waals surface area contributed by atoms with Crippen LogP contribution in [0.2, 0.25) is 0 Å². The number of rotatable bonds is 4. The highest BCUT2D eigenvalue weighted by Crippen LogP contribution is 2.42. The summed E-state index contributed by atoms with van der Waals surface area (Å²) in [5.74, 6) is 2.69. The van der Waals surface area contributed by atoms with Crippen LogP contribution < -0.4 is 4.74 Å². The Hall–Kier alpha value is -2.26. The normalized spacial score (nSPS) is 27.6. The molecule has 3 aliphatic rings. The Balaban J connectivity index is 1.24. The fourth-order valence-corrected chi connectivity index (χ4v) is 5.57. The zero-order valence-corrected chi connectivity index (χ0v) is 20.0. The lowest BCUT2D eigenvalue weighted by atomic mass is 9.83. The molecule has 2 fully saturated rings. The molecule has 1 saturated carbocycles. The molecule has 1 aromatic rings. The van der Waals surface area contributed by atoms with E-state index in [0.29, 0.717) is 17.9 Å². The molecule has 6 nitrogen and oxygen atoms in total. The Kier molecular flexibility index (Phi) is 6.67. The number of carbonyl (C=O) groups excluding carboxylic acids is 1. The van der Waals surface area contributed by atoms with Gasteiger partial charge in [-0.3, -0.25) is 0 Å². The van der Waals surface area contributed by atoms with E-state index in [1.807, 2.05) is 46.0 Å². The summed E-state index contributed by atoms with van der Waals surface area (Å²) in [6.45, 7) is 9.79. The maximum absolute atomic E-state index is 12.4. The number of ether oxygens (including phenoxy) is 2. The van der Waals surface area contributed by atoms with Gasteiger partial charge in [0.2, 0.25) is 0 Å². The second-order valence-corrected chi connectivity index (χ2v) is 10.9. The summed E-state index contributed by atoms with van der Waals surface area (Å²) in [6, 6.07) is 8.39. The molecule has 32 heavy (non-hydrogen) atoms. The Morgan fingerprint density at radius 2 is 2.00 bits per heavy atom. The summed E-state index contributed by atoms with van der Waals surface area (Å²) in [7, 11) is 1.88. The van der Waals surface area contributed by atoms with E-state index < -0.39 is 5.60 Å². The summed E-state index contributed by atoms with van der Waals surface area (Å²) < 4.78 is 11.5. The summed E-state index contributed by atoms with van der Waals surface area (Å²) in [5.41, 5.74) is 1.49. The largest absolute Gasteiger partial charge is 0.493 e. The van der Waals surface area contributed by atoms with Gasteiger partial charge in [-0.25, -0.2) is 4.79 Å². The average Bonchev–Trinajstić information content (AvgIpc) is 3.19. The molecule has 1 aliphatic carbocycles. The van der Waals surface area contributed by atoms with Gasteiger partial charge in [-0.1, -0.05) is 0 Å². The van der Waals surface area contributed by atoms with Crippen LogP contribution in [0.25, 0.3) is 0 Å². The lowest BCUT2D eigenvalue weighted by Crippen LogP contribution is -2.42. The van der Waals surface area contributed by atoms with Crippen LogP contribution in [0.5, 0.6) is 5.75 Å². The van der Waals surface area contributed by atoms with Crippen molar-refractivity contribution >= 4 is 6.09 Å². The quantitative estimate of drug-likeness (QED) is 0.675. The van der Waals surface area contributed by atoms with Crippen molar-refractivity contribution in [2.24, 2.45) is 11.8 Å². The first-order valence-corrected chi connectivity index (χ1v) is 12.1. The number of fused-ring (bicyclic) bond motifs is 3. The minimum atomic E-state index is -0.447. The molecule has 2 aliphatic heterocycles. The minimum absolute atomic E-state index is 0.206. The van der Waals surface area contributed by atoms with Crippen molar-refractivity contribution in [2.45, 2.75) is 70.4 Å². The average molecular weight is 440 g/mol. The van der Waals surface area contributed by atoms with Gasteiger partial charge in [-0.05, 0) is 83.5 Å². The Bertz CT molecular complexity index is 864. The highest BCUT2D eigenvalue weighted by Gasteiger charge is 2.39. The second-order valence-electron chi connectivity index (χ2n) is 10.9. The maximum atomic E-state index is 12.4. The molecular weight excluding hydrogens is 402 g/mol. The Morgan fingerprint density at radius 1 is 1.25 bits per heavy atom. The van der Waals surface area contributed by atoms with Crippen LogP contribution in [0.3, 0.4) is 0 Å². The molecule has 0 aromatic heterocycles. The van der Waals surface area contributed by atoms with Gasteiger partial charge >= 0.3 is 6.09 Å². The molecule has 0 spiro atoms. The fourth-order valence-electron chi connectivity index (χ4n) is 5.57. The summed E-state index contributed by atoms with van der Waals surface area (Å²) in [6.07, 6.45) is 5.48. The molecular formula is C26H37N3O3. The molecule has 2 heterocycles. The highest BCUT2D eigenvalue weighted by atomic mass is 16.6. The lowest BCUT2D eigenvalue weighted by molar-refractivity contribution is 0.0169. The van der Waals surface area contributed by atoms with Crippen molar-refractivity contribution < 1.29 is 14.3 Å². The van der Waals surface area contributed by atoms with E-state index in [2.05, 4.69) is 11.0 Å². The molecule has 1 aromatic carbocycles. The van der Waals surface area contributed by atoms with E-state index in [4.69, 9.17) is 9.47 Å². The number of benzene rings is 1. The number of likely N-dealkylation sites (tertiary alicyclic amines) is 1. The standard InChI is InChI=1S/C26H37N3O3/c1-26(2,3)32-25(30)28(4)21-8-5-18(6-9-21)11-12-29-15-20-17-31-24-10-7-19(14-27)13-22(24)23(20)16-29/h7,10,13,18,20-21,23H,5-6,8-9,11-12,15-17H2,1-4H3/t18?,20-,21?,23+/m0/s1. The third-order valence-electron chi connectivity index (χ3n) is 7.41. The van der Waals surface area contributed by atoms with Crippen molar-refractivity contribution in [1.29, 1.82) is 5.26 Å². The lowest BCUT2D eigenvalue weighted by Gasteiger charge is -2.36.